The van der Waals surface area contributed by atoms with Crippen LogP contribution in [0.3, 0.4) is 0 Å². The molecule has 0 fully saturated rings. The number of rotatable bonds is 5. The third-order valence-corrected chi connectivity index (χ3v) is 5.06. The molecule has 0 spiro atoms. The molecule has 0 aliphatic rings. The van der Waals surface area contributed by atoms with Crippen LogP contribution in [-0.4, -0.2) is 40.9 Å². The van der Waals surface area contributed by atoms with Crippen LogP contribution in [0.2, 0.25) is 0 Å². The predicted molar refractivity (Wildman–Crippen MR) is 70.2 cm³/mol. The summed E-state index contributed by atoms with van der Waals surface area (Å²) >= 11 is 0. The third kappa shape index (κ3) is 2.64. The van der Waals surface area contributed by atoms with E-state index in [9.17, 15) is 18.3 Å². The fraction of sp³-hybridized carbons (Fsp3) is 0.417. The normalized spacial score (nSPS) is 12.2. The fourth-order valence-electron chi connectivity index (χ4n) is 1.77. The summed E-state index contributed by atoms with van der Waals surface area (Å²) in [6.07, 6.45) is 1.30. The highest BCUT2D eigenvalue weighted by Gasteiger charge is 2.42. The Morgan fingerprint density at radius 2 is 2.15 bits per heavy atom. The number of sulfonamides is 1. The minimum absolute atomic E-state index is 0.0403. The van der Waals surface area contributed by atoms with Gasteiger partial charge >= 0.3 is 5.97 Å². The predicted octanol–water partition coefficient (Wildman–Crippen LogP) is 0.827. The highest BCUT2D eigenvalue weighted by Crippen LogP contribution is 2.25. The summed E-state index contributed by atoms with van der Waals surface area (Å²) in [5.74, 6) is -1.27. The Bertz CT molecular complexity index is 662. The molecule has 1 rings (SSSR count). The molecular formula is C12H15N3O4S. The Kier molecular flexibility index (Phi) is 4.47. The van der Waals surface area contributed by atoms with Crippen molar-refractivity contribution in [1.82, 2.24) is 9.29 Å². The lowest BCUT2D eigenvalue weighted by Gasteiger charge is -2.33. The lowest BCUT2D eigenvalue weighted by Crippen LogP contribution is -2.52. The Labute approximate surface area is 117 Å². The molecule has 1 aromatic heterocycles. The summed E-state index contributed by atoms with van der Waals surface area (Å²) in [4.78, 5) is 14.7. The molecule has 1 N–H and O–H groups in total. The van der Waals surface area contributed by atoms with Gasteiger partial charge in [0.15, 0.2) is 5.69 Å². The second-order valence-corrected chi connectivity index (χ2v) is 6.33. The molecule has 7 nitrogen and oxygen atoms in total. The Balaban J connectivity index is 3.49. The van der Waals surface area contributed by atoms with Gasteiger partial charge < -0.3 is 5.11 Å². The van der Waals surface area contributed by atoms with Crippen molar-refractivity contribution in [3.05, 3.63) is 24.0 Å². The molecule has 0 aliphatic carbocycles. The summed E-state index contributed by atoms with van der Waals surface area (Å²) < 4.78 is 26.0. The summed E-state index contributed by atoms with van der Waals surface area (Å²) in [6.45, 7) is 4.07. The molecule has 0 bridgehead atoms. The number of likely N-dealkylation sites (N-methyl/N-ethyl adjacent to an activating group) is 1. The maximum Gasteiger partial charge on any atom is 0.324 e. The van der Waals surface area contributed by atoms with E-state index in [1.54, 1.807) is 6.07 Å². The molecule has 0 unspecified atom stereocenters. The highest BCUT2D eigenvalue weighted by atomic mass is 32.2. The van der Waals surface area contributed by atoms with Crippen molar-refractivity contribution < 1.29 is 18.3 Å². The van der Waals surface area contributed by atoms with Gasteiger partial charge in [0.05, 0.1) is 0 Å². The molecule has 1 aromatic rings. The second kappa shape index (κ2) is 5.56. The molecule has 108 valence electrons. The van der Waals surface area contributed by atoms with Gasteiger partial charge in [-0.1, -0.05) is 6.92 Å². The van der Waals surface area contributed by atoms with Gasteiger partial charge in [0.2, 0.25) is 10.0 Å². The first-order valence-electron chi connectivity index (χ1n) is 5.81. The van der Waals surface area contributed by atoms with Gasteiger partial charge in [0, 0.05) is 12.7 Å². The SMILES string of the molecule is CCN(C(C)(C)C(=O)O)S(=O)(=O)c1cccnc1C#N. The Morgan fingerprint density at radius 1 is 1.55 bits per heavy atom. The number of aromatic nitrogens is 1. The van der Waals surface area contributed by atoms with E-state index in [0.717, 1.165) is 4.31 Å². The number of carboxylic acid groups (broad SMARTS) is 1. The van der Waals surface area contributed by atoms with E-state index in [4.69, 9.17) is 5.26 Å². The Hall–Kier alpha value is -1.98. The van der Waals surface area contributed by atoms with Gasteiger partial charge in [-0.2, -0.15) is 9.57 Å². The number of nitriles is 1. The maximum atomic E-state index is 12.6. The van der Waals surface area contributed by atoms with Crippen molar-refractivity contribution in [1.29, 1.82) is 5.26 Å². The zero-order valence-electron chi connectivity index (χ0n) is 11.4. The minimum Gasteiger partial charge on any atom is -0.480 e. The van der Waals surface area contributed by atoms with Crippen molar-refractivity contribution in [2.75, 3.05) is 6.54 Å². The third-order valence-electron chi connectivity index (χ3n) is 2.88. The number of carboxylic acids is 1. The number of hydrogen-bond acceptors (Lipinski definition) is 5. The second-order valence-electron chi connectivity index (χ2n) is 4.50. The molecular weight excluding hydrogens is 282 g/mol. The van der Waals surface area contributed by atoms with Gasteiger partial charge in [-0.3, -0.25) is 4.79 Å². The number of carbonyl (C=O) groups is 1. The zero-order valence-corrected chi connectivity index (χ0v) is 12.2. The molecule has 0 radical (unpaired) electrons. The molecule has 0 atom stereocenters. The van der Waals surface area contributed by atoms with Crippen LogP contribution in [0.5, 0.6) is 0 Å². The van der Waals surface area contributed by atoms with Crippen LogP contribution < -0.4 is 0 Å². The topological polar surface area (TPSA) is 111 Å². The van der Waals surface area contributed by atoms with Gasteiger partial charge in [-0.05, 0) is 26.0 Å². The highest BCUT2D eigenvalue weighted by molar-refractivity contribution is 7.89. The van der Waals surface area contributed by atoms with Crippen molar-refractivity contribution in [3.8, 4) is 6.07 Å². The molecule has 8 heteroatoms. The molecule has 0 aliphatic heterocycles. The minimum atomic E-state index is -4.13. The van der Waals surface area contributed by atoms with E-state index in [-0.39, 0.29) is 17.1 Å². The van der Waals surface area contributed by atoms with E-state index in [0.29, 0.717) is 0 Å². The van der Waals surface area contributed by atoms with Gasteiger partial charge in [-0.15, -0.1) is 0 Å². The van der Waals surface area contributed by atoms with Crippen LogP contribution in [0.25, 0.3) is 0 Å². The molecule has 0 aromatic carbocycles. The van der Waals surface area contributed by atoms with E-state index >= 15 is 0 Å². The lowest BCUT2D eigenvalue weighted by molar-refractivity contribution is -0.146. The van der Waals surface area contributed by atoms with Crippen molar-refractivity contribution in [2.24, 2.45) is 0 Å². The average Bonchev–Trinajstić information content (AvgIpc) is 2.38. The molecule has 0 saturated carbocycles. The fourth-order valence-corrected chi connectivity index (χ4v) is 3.62. The first-order chi connectivity index (χ1) is 9.19. The van der Waals surface area contributed by atoms with E-state index in [1.165, 1.54) is 39.1 Å². The number of hydrogen-bond donors (Lipinski definition) is 1. The largest absolute Gasteiger partial charge is 0.480 e. The summed E-state index contributed by atoms with van der Waals surface area (Å²) in [6, 6.07) is 4.32. The summed E-state index contributed by atoms with van der Waals surface area (Å²) in [5.41, 5.74) is -1.89. The number of aliphatic carboxylic acids is 1. The van der Waals surface area contributed by atoms with Crippen molar-refractivity contribution in [3.63, 3.8) is 0 Å². The van der Waals surface area contributed by atoms with Crippen LogP contribution in [0.15, 0.2) is 23.2 Å². The molecule has 1 heterocycles. The first-order valence-corrected chi connectivity index (χ1v) is 7.25. The van der Waals surface area contributed by atoms with Crippen LogP contribution >= 0.6 is 0 Å². The quantitative estimate of drug-likeness (QED) is 0.861. The molecule has 20 heavy (non-hydrogen) atoms. The van der Waals surface area contributed by atoms with Gasteiger partial charge in [0.1, 0.15) is 16.5 Å². The van der Waals surface area contributed by atoms with E-state index in [2.05, 4.69) is 4.98 Å². The summed E-state index contributed by atoms with van der Waals surface area (Å²) in [7, 11) is -4.13. The van der Waals surface area contributed by atoms with Crippen molar-refractivity contribution >= 4 is 16.0 Å². The standard InChI is InChI=1S/C12H15N3O4S/c1-4-15(12(2,3)11(16)17)20(18,19)10-6-5-7-14-9(10)8-13/h5-7H,4H2,1-3H3,(H,16,17). The Morgan fingerprint density at radius 3 is 2.60 bits per heavy atom. The smallest absolute Gasteiger partial charge is 0.324 e. The molecule has 0 saturated heterocycles. The average molecular weight is 297 g/mol. The van der Waals surface area contributed by atoms with Crippen LogP contribution in [-0.2, 0) is 14.8 Å². The monoisotopic (exact) mass is 297 g/mol. The maximum absolute atomic E-state index is 12.6. The summed E-state index contributed by atoms with van der Waals surface area (Å²) in [5, 5.41) is 18.1. The van der Waals surface area contributed by atoms with Crippen LogP contribution in [0.4, 0.5) is 0 Å². The van der Waals surface area contributed by atoms with E-state index < -0.39 is 21.5 Å². The van der Waals surface area contributed by atoms with Crippen LogP contribution in [0, 0.1) is 11.3 Å². The number of nitrogens with zero attached hydrogens (tertiary/aromatic N) is 3. The lowest BCUT2D eigenvalue weighted by atomic mass is 10.1. The number of pyridine rings is 1. The zero-order chi connectivity index (χ0) is 15.6. The molecule has 0 amide bonds. The first kappa shape index (κ1) is 16.1. The van der Waals surface area contributed by atoms with E-state index in [1.807, 2.05) is 0 Å². The van der Waals surface area contributed by atoms with Crippen LogP contribution in [0.1, 0.15) is 26.5 Å². The van der Waals surface area contributed by atoms with Crippen molar-refractivity contribution in [2.45, 2.75) is 31.2 Å². The van der Waals surface area contributed by atoms with Gasteiger partial charge in [-0.25, -0.2) is 13.4 Å². The van der Waals surface area contributed by atoms with Gasteiger partial charge in [0.25, 0.3) is 0 Å².